The van der Waals surface area contributed by atoms with Crippen LogP contribution in [0.3, 0.4) is 0 Å². The van der Waals surface area contributed by atoms with Gasteiger partial charge in [0.25, 0.3) is 0 Å². The lowest BCUT2D eigenvalue weighted by molar-refractivity contribution is -0.124. The van der Waals surface area contributed by atoms with E-state index in [-0.39, 0.29) is 5.91 Å². The summed E-state index contributed by atoms with van der Waals surface area (Å²) >= 11 is 1.74. The normalized spacial score (nSPS) is 12.0. The molecule has 0 N–H and O–H groups in total. The van der Waals surface area contributed by atoms with Crippen molar-refractivity contribution < 1.29 is 4.79 Å². The van der Waals surface area contributed by atoms with Crippen LogP contribution in [0.1, 0.15) is 39.5 Å². The topological polar surface area (TPSA) is 20.3 Å². The Hall–Kier alpha value is -1.22. The number of hydrogen-bond donors (Lipinski definition) is 0. The molecule has 1 aromatic rings. The van der Waals surface area contributed by atoms with Crippen LogP contribution in [0.25, 0.3) is 0 Å². The Morgan fingerprint density at radius 1 is 1.05 bits per heavy atom. The fourth-order valence-corrected chi connectivity index (χ4v) is 3.20. The van der Waals surface area contributed by atoms with Crippen molar-refractivity contribution >= 4 is 17.7 Å². The second-order valence-corrected chi connectivity index (χ2v) is 6.18. The minimum absolute atomic E-state index is 0.152. The monoisotopic (exact) mass is 291 g/mol. The van der Waals surface area contributed by atoms with E-state index in [1.165, 1.54) is 9.80 Å². The van der Waals surface area contributed by atoms with Gasteiger partial charge in [0.1, 0.15) is 0 Å². The van der Waals surface area contributed by atoms with Gasteiger partial charge in [-0.25, -0.2) is 0 Å². The molecule has 0 atom stereocenters. The molecule has 0 aliphatic heterocycles. The molecule has 0 aromatic heterocycles. The van der Waals surface area contributed by atoms with Gasteiger partial charge in [-0.15, -0.1) is 0 Å². The number of likely N-dealkylation sites (N-methyl/N-ethyl adjacent to an activating group) is 1. The highest BCUT2D eigenvalue weighted by molar-refractivity contribution is 8.03. The molecular weight excluding hydrogens is 266 g/mol. The molecule has 0 aliphatic rings. The van der Waals surface area contributed by atoms with Gasteiger partial charge in [0.2, 0.25) is 5.91 Å². The third-order valence-corrected chi connectivity index (χ3v) is 4.17. The number of benzene rings is 1. The van der Waals surface area contributed by atoms with E-state index in [1.807, 2.05) is 32.3 Å². The fourth-order valence-electron chi connectivity index (χ4n) is 2.01. The van der Waals surface area contributed by atoms with E-state index in [0.29, 0.717) is 0 Å². The van der Waals surface area contributed by atoms with Crippen molar-refractivity contribution in [1.29, 1.82) is 0 Å². The maximum Gasteiger partial charge on any atom is 0.250 e. The van der Waals surface area contributed by atoms with E-state index in [9.17, 15) is 4.79 Å². The van der Waals surface area contributed by atoms with Crippen LogP contribution in [0.2, 0.25) is 0 Å². The Balaban J connectivity index is 3.09. The van der Waals surface area contributed by atoms with Crippen LogP contribution >= 0.6 is 11.8 Å². The van der Waals surface area contributed by atoms with Gasteiger partial charge in [-0.05, 0) is 29.9 Å². The van der Waals surface area contributed by atoms with Crippen LogP contribution in [0.4, 0.5) is 0 Å². The zero-order valence-electron chi connectivity index (χ0n) is 13.0. The van der Waals surface area contributed by atoms with Gasteiger partial charge in [-0.3, -0.25) is 4.79 Å². The summed E-state index contributed by atoms with van der Waals surface area (Å²) < 4.78 is 0. The number of thioether (sulfide) groups is 1. The van der Waals surface area contributed by atoms with Gasteiger partial charge in [-0.2, -0.15) is 0 Å². The van der Waals surface area contributed by atoms with E-state index in [1.54, 1.807) is 16.7 Å². The second-order valence-electron chi connectivity index (χ2n) is 5.02. The summed E-state index contributed by atoms with van der Waals surface area (Å²) in [5.74, 6) is 0.152. The van der Waals surface area contributed by atoms with Crippen molar-refractivity contribution in [3.8, 4) is 0 Å². The minimum Gasteiger partial charge on any atom is -0.345 e. The first kappa shape index (κ1) is 16.8. The quantitative estimate of drug-likeness (QED) is 0.535. The lowest BCUT2D eigenvalue weighted by Crippen LogP contribution is -2.24. The smallest absolute Gasteiger partial charge is 0.250 e. The predicted octanol–water partition coefficient (Wildman–Crippen LogP) is 4.72. The minimum atomic E-state index is 0.152. The largest absolute Gasteiger partial charge is 0.345 e. The molecule has 0 heterocycles. The van der Waals surface area contributed by atoms with Crippen molar-refractivity contribution in [2.45, 2.75) is 44.4 Å². The van der Waals surface area contributed by atoms with Crippen LogP contribution < -0.4 is 0 Å². The van der Waals surface area contributed by atoms with Gasteiger partial charge >= 0.3 is 0 Å². The summed E-state index contributed by atoms with van der Waals surface area (Å²) in [7, 11) is 3.66. The van der Waals surface area contributed by atoms with Crippen molar-refractivity contribution in [1.82, 2.24) is 4.90 Å². The molecule has 3 heteroatoms. The fraction of sp³-hybridized carbons (Fsp3) is 0.471. The first-order valence-electron chi connectivity index (χ1n) is 7.26. The van der Waals surface area contributed by atoms with Crippen molar-refractivity contribution in [3.63, 3.8) is 0 Å². The summed E-state index contributed by atoms with van der Waals surface area (Å²) in [6, 6.07) is 10.3. The molecule has 0 saturated carbocycles. The molecule has 1 rings (SSSR count). The van der Waals surface area contributed by atoms with Gasteiger partial charge in [0.15, 0.2) is 0 Å². The molecule has 110 valence electrons. The van der Waals surface area contributed by atoms with E-state index >= 15 is 0 Å². The maximum absolute atomic E-state index is 12.4. The predicted molar refractivity (Wildman–Crippen MR) is 87.8 cm³/mol. The molecule has 1 amide bonds. The third-order valence-electron chi connectivity index (χ3n) is 2.96. The van der Waals surface area contributed by atoms with E-state index in [0.717, 1.165) is 31.3 Å². The first-order chi connectivity index (χ1) is 9.60. The Morgan fingerprint density at radius 3 is 2.15 bits per heavy atom. The van der Waals surface area contributed by atoms with Gasteiger partial charge in [0.05, 0.1) is 0 Å². The third kappa shape index (κ3) is 5.04. The second kappa shape index (κ2) is 8.85. The Morgan fingerprint density at radius 2 is 1.65 bits per heavy atom. The number of rotatable bonds is 7. The molecule has 2 nitrogen and oxygen atoms in total. The first-order valence-corrected chi connectivity index (χ1v) is 8.08. The SMILES string of the molecule is CCC/C(Sc1ccccc1)=C(\CCC)C(=O)N(C)C. The average Bonchev–Trinajstić information content (AvgIpc) is 2.44. The summed E-state index contributed by atoms with van der Waals surface area (Å²) in [6.07, 6.45) is 3.88. The standard InChI is InChI=1S/C17H25NOS/c1-5-10-15(17(19)18(3)4)16(11-6-2)20-14-12-8-7-9-13-14/h7-9,12-13H,5-6,10-11H2,1-4H3/b16-15-. The van der Waals surface area contributed by atoms with E-state index in [4.69, 9.17) is 0 Å². The van der Waals surface area contributed by atoms with E-state index < -0.39 is 0 Å². The molecule has 0 fully saturated rings. The van der Waals surface area contributed by atoms with Crippen molar-refractivity contribution in [2.24, 2.45) is 0 Å². The molecule has 0 bridgehead atoms. The highest BCUT2D eigenvalue weighted by atomic mass is 32.2. The van der Waals surface area contributed by atoms with Gasteiger partial charge < -0.3 is 4.90 Å². The zero-order chi connectivity index (χ0) is 15.0. The number of hydrogen-bond acceptors (Lipinski definition) is 2. The lowest BCUT2D eigenvalue weighted by atomic mass is 10.1. The number of allylic oxidation sites excluding steroid dienone is 1. The van der Waals surface area contributed by atoms with Gasteiger partial charge in [0, 0.05) is 24.6 Å². The molecule has 0 saturated heterocycles. The highest BCUT2D eigenvalue weighted by Crippen LogP contribution is 2.34. The van der Waals surface area contributed by atoms with Crippen LogP contribution in [0, 0.1) is 0 Å². The maximum atomic E-state index is 12.4. The van der Waals surface area contributed by atoms with Crippen LogP contribution in [0.15, 0.2) is 45.7 Å². The molecule has 1 aromatic carbocycles. The highest BCUT2D eigenvalue weighted by Gasteiger charge is 2.17. The van der Waals surface area contributed by atoms with E-state index in [2.05, 4.69) is 26.0 Å². The summed E-state index contributed by atoms with van der Waals surface area (Å²) in [5.41, 5.74) is 0.980. The Labute approximate surface area is 127 Å². The summed E-state index contributed by atoms with van der Waals surface area (Å²) in [4.78, 5) is 16.5. The number of nitrogens with zero attached hydrogens (tertiary/aromatic N) is 1. The van der Waals surface area contributed by atoms with Gasteiger partial charge in [-0.1, -0.05) is 56.7 Å². The van der Waals surface area contributed by atoms with Crippen LogP contribution in [-0.4, -0.2) is 24.9 Å². The van der Waals surface area contributed by atoms with Crippen molar-refractivity contribution in [3.05, 3.63) is 40.8 Å². The number of amides is 1. The zero-order valence-corrected chi connectivity index (χ0v) is 13.8. The molecule has 0 aliphatic carbocycles. The average molecular weight is 291 g/mol. The Kier molecular flexibility index (Phi) is 7.45. The molecule has 20 heavy (non-hydrogen) atoms. The molecule has 0 unspecified atom stereocenters. The summed E-state index contributed by atoms with van der Waals surface area (Å²) in [6.45, 7) is 4.29. The van der Waals surface area contributed by atoms with Crippen molar-refractivity contribution in [2.75, 3.05) is 14.1 Å². The lowest BCUT2D eigenvalue weighted by Gasteiger charge is -2.18. The van der Waals surface area contributed by atoms with Crippen LogP contribution in [-0.2, 0) is 4.79 Å². The molecular formula is C17H25NOS. The van der Waals surface area contributed by atoms with Crippen LogP contribution in [0.5, 0.6) is 0 Å². The molecule has 0 radical (unpaired) electrons. The number of carbonyl (C=O) groups is 1. The number of carbonyl (C=O) groups excluding carboxylic acids is 1. The molecule has 0 spiro atoms. The Bertz CT molecular complexity index is 451. The summed E-state index contributed by atoms with van der Waals surface area (Å²) in [5, 5.41) is 0.